The number of hydrogen-bond acceptors (Lipinski definition) is 8. The van der Waals surface area contributed by atoms with E-state index in [0.717, 1.165) is 25.7 Å². The van der Waals surface area contributed by atoms with Gasteiger partial charge in [0.1, 0.15) is 23.8 Å². The maximum Gasteiger partial charge on any atom is 0.289 e. The average Bonchev–Trinajstić information content (AvgIpc) is 3.87. The Morgan fingerprint density at radius 3 is 2.28 bits per heavy atom. The van der Waals surface area contributed by atoms with Crippen LogP contribution in [0.5, 0.6) is 0 Å². The molecule has 13 nitrogen and oxygen atoms in total. The van der Waals surface area contributed by atoms with Crippen molar-refractivity contribution in [2.45, 2.75) is 104 Å². The van der Waals surface area contributed by atoms with Gasteiger partial charge in [0.2, 0.25) is 23.5 Å². The van der Waals surface area contributed by atoms with E-state index in [-0.39, 0.29) is 34.9 Å². The van der Waals surface area contributed by atoms with Crippen molar-refractivity contribution in [1.29, 1.82) is 0 Å². The molecule has 6 rings (SSSR count). The number of ketones is 1. The topological polar surface area (TPSA) is 180 Å². The van der Waals surface area contributed by atoms with Gasteiger partial charge in [-0.1, -0.05) is 41.5 Å². The fourth-order valence-corrected chi connectivity index (χ4v) is 8.17. The number of nitrogens with one attached hydrogen (secondary N) is 4. The molecule has 13 heteroatoms. The quantitative estimate of drug-likeness (QED) is 0.302. The zero-order valence-corrected chi connectivity index (χ0v) is 27.4. The molecular formula is C33H45N7O6. The van der Waals surface area contributed by atoms with Crippen molar-refractivity contribution < 1.29 is 28.8 Å². The number of aromatic nitrogens is 2. The molecule has 4 N–H and O–H groups in total. The SMILES string of the molecule is CC(C)(C)[C@H](NC(=O)c1cnccn1)C(=O)N[C@H](C(=O)N1C[C@@H]2CC3CC34C[C@@H](C(=O)C(=O)NC3CC3)NC(=O)[C@@H]1[C@H]24)C(C)(C)C. The molecule has 1 spiro atoms. The molecule has 8 atom stereocenters. The zero-order valence-electron chi connectivity index (χ0n) is 27.4. The molecule has 2 saturated heterocycles. The van der Waals surface area contributed by atoms with E-state index < -0.39 is 64.4 Å². The lowest BCUT2D eigenvalue weighted by Gasteiger charge is -2.38. The molecule has 0 radical (unpaired) electrons. The first-order valence-electron chi connectivity index (χ1n) is 16.3. The smallest absolute Gasteiger partial charge is 0.289 e. The molecule has 3 heterocycles. The molecule has 3 saturated carbocycles. The fourth-order valence-electron chi connectivity index (χ4n) is 8.17. The number of nitrogens with zero attached hydrogens (tertiary/aromatic N) is 3. The van der Waals surface area contributed by atoms with Gasteiger partial charge < -0.3 is 26.2 Å². The molecule has 2 unspecified atom stereocenters. The highest BCUT2D eigenvalue weighted by atomic mass is 16.2. The van der Waals surface area contributed by atoms with E-state index in [2.05, 4.69) is 31.2 Å². The summed E-state index contributed by atoms with van der Waals surface area (Å²) >= 11 is 0. The maximum absolute atomic E-state index is 14.5. The first-order valence-corrected chi connectivity index (χ1v) is 16.3. The van der Waals surface area contributed by atoms with E-state index >= 15 is 0 Å². The van der Waals surface area contributed by atoms with Gasteiger partial charge in [-0.3, -0.25) is 33.8 Å². The second-order valence-corrected chi connectivity index (χ2v) is 16.1. The van der Waals surface area contributed by atoms with E-state index in [4.69, 9.17) is 0 Å². The standard InChI is InChI=1S/C33H45N7O6/c1-31(2,3)24(38-26(42)20-14-34-9-10-35-20)29(45)39-25(32(4,5)6)30(46)40-15-16-11-17-12-33(17)13-19(37-27(43)22(40)21(16)33)23(41)28(44)36-18-7-8-18/h9-10,14,16-19,21-22,24-25H,7-8,11-13,15H2,1-6H3,(H,36,44)(H,37,43)(H,38,42)(H,39,45)/t16-,17?,19-,21-,22-,24+,25+,33?/m0/s1. The van der Waals surface area contributed by atoms with Crippen LogP contribution < -0.4 is 21.3 Å². The number of Topliss-reactive ketones (excluding diaryl/α,β-unsaturated/α-hetero) is 1. The van der Waals surface area contributed by atoms with Gasteiger partial charge in [-0.05, 0) is 66.1 Å². The molecule has 46 heavy (non-hydrogen) atoms. The second kappa shape index (κ2) is 11.1. The van der Waals surface area contributed by atoms with Crippen molar-refractivity contribution >= 4 is 35.3 Å². The number of hydrogen-bond donors (Lipinski definition) is 4. The van der Waals surface area contributed by atoms with E-state index in [1.165, 1.54) is 18.6 Å². The van der Waals surface area contributed by atoms with Crippen LogP contribution >= 0.6 is 0 Å². The van der Waals surface area contributed by atoms with Crippen LogP contribution in [0, 0.1) is 34.0 Å². The van der Waals surface area contributed by atoms with Gasteiger partial charge >= 0.3 is 0 Å². The monoisotopic (exact) mass is 635 g/mol. The summed E-state index contributed by atoms with van der Waals surface area (Å²) in [7, 11) is 0. The van der Waals surface area contributed by atoms with Crippen LogP contribution in [-0.4, -0.2) is 86.9 Å². The number of likely N-dealkylation sites (tertiary alicyclic amines) is 1. The Bertz CT molecular complexity index is 1460. The van der Waals surface area contributed by atoms with Crippen LogP contribution in [0.1, 0.15) is 84.1 Å². The van der Waals surface area contributed by atoms with Crippen molar-refractivity contribution in [1.82, 2.24) is 36.1 Å². The zero-order chi connectivity index (χ0) is 33.3. The Balaban J connectivity index is 1.23. The summed E-state index contributed by atoms with van der Waals surface area (Å²) < 4.78 is 0. The van der Waals surface area contributed by atoms with Gasteiger partial charge in [-0.15, -0.1) is 0 Å². The fraction of sp³-hybridized carbons (Fsp3) is 0.697. The highest BCUT2D eigenvalue weighted by Crippen LogP contribution is 2.74. The van der Waals surface area contributed by atoms with Crippen molar-refractivity contribution in [3.63, 3.8) is 0 Å². The van der Waals surface area contributed by atoms with Crippen LogP contribution in [0.25, 0.3) is 0 Å². The molecular weight excluding hydrogens is 590 g/mol. The third-order valence-electron chi connectivity index (χ3n) is 10.6. The lowest BCUT2D eigenvalue weighted by molar-refractivity contribution is -0.145. The minimum absolute atomic E-state index is 0.0240. The summed E-state index contributed by atoms with van der Waals surface area (Å²) in [4.78, 5) is 90.7. The van der Waals surface area contributed by atoms with Gasteiger partial charge in [-0.25, -0.2) is 4.98 Å². The number of carbonyl (C=O) groups is 6. The Hall–Kier alpha value is -3.90. The molecule has 0 bridgehead atoms. The van der Waals surface area contributed by atoms with Gasteiger partial charge in [0.15, 0.2) is 0 Å². The largest absolute Gasteiger partial charge is 0.347 e. The predicted octanol–water partition coefficient (Wildman–Crippen LogP) is 0.741. The van der Waals surface area contributed by atoms with Gasteiger partial charge in [-0.2, -0.15) is 0 Å². The summed E-state index contributed by atoms with van der Waals surface area (Å²) in [5.41, 5.74) is -1.68. The Morgan fingerprint density at radius 2 is 1.67 bits per heavy atom. The highest BCUT2D eigenvalue weighted by molar-refractivity contribution is 6.38. The summed E-state index contributed by atoms with van der Waals surface area (Å²) in [6, 6.07) is -3.73. The Morgan fingerprint density at radius 1 is 0.978 bits per heavy atom. The van der Waals surface area contributed by atoms with Gasteiger partial charge in [0.05, 0.1) is 12.2 Å². The molecule has 5 aliphatic rings. The summed E-state index contributed by atoms with van der Waals surface area (Å²) in [6.07, 6.45) is 7.97. The molecule has 1 aromatic rings. The Labute approximate surface area is 268 Å². The molecule has 1 aromatic heterocycles. The molecule has 3 aliphatic carbocycles. The number of carbonyl (C=O) groups excluding carboxylic acids is 6. The molecule has 5 amide bonds. The van der Waals surface area contributed by atoms with Crippen LogP contribution in [0.3, 0.4) is 0 Å². The van der Waals surface area contributed by atoms with Gasteiger partial charge in [0.25, 0.3) is 11.8 Å². The minimum atomic E-state index is -1.01. The second-order valence-electron chi connectivity index (χ2n) is 16.1. The minimum Gasteiger partial charge on any atom is -0.347 e. The van der Waals surface area contributed by atoms with Crippen molar-refractivity contribution in [3.8, 4) is 0 Å². The van der Waals surface area contributed by atoms with E-state index in [0.29, 0.717) is 18.9 Å². The summed E-state index contributed by atoms with van der Waals surface area (Å²) in [5.74, 6) is -2.85. The number of rotatable bonds is 8. The maximum atomic E-state index is 14.5. The van der Waals surface area contributed by atoms with Crippen molar-refractivity contribution in [3.05, 3.63) is 24.3 Å². The van der Waals surface area contributed by atoms with Crippen LogP contribution in [0.4, 0.5) is 0 Å². The lowest BCUT2D eigenvalue weighted by atomic mass is 9.78. The molecule has 5 fully saturated rings. The third-order valence-corrected chi connectivity index (χ3v) is 10.6. The van der Waals surface area contributed by atoms with Crippen molar-refractivity contribution in [2.24, 2.45) is 34.0 Å². The van der Waals surface area contributed by atoms with Crippen LogP contribution in [0.2, 0.25) is 0 Å². The average molecular weight is 636 g/mol. The highest BCUT2D eigenvalue weighted by Gasteiger charge is 2.73. The van der Waals surface area contributed by atoms with Crippen molar-refractivity contribution in [2.75, 3.05) is 6.54 Å². The molecule has 248 valence electrons. The molecule has 2 aliphatic heterocycles. The number of amides is 5. The van der Waals surface area contributed by atoms with E-state index in [9.17, 15) is 28.8 Å². The lowest BCUT2D eigenvalue weighted by Crippen LogP contribution is -2.62. The van der Waals surface area contributed by atoms with E-state index in [1.54, 1.807) is 4.90 Å². The van der Waals surface area contributed by atoms with E-state index in [1.807, 2.05) is 41.5 Å². The van der Waals surface area contributed by atoms with Crippen LogP contribution in [0.15, 0.2) is 18.6 Å². The third kappa shape index (κ3) is 5.77. The van der Waals surface area contributed by atoms with Crippen LogP contribution in [-0.2, 0) is 24.0 Å². The molecule has 0 aromatic carbocycles. The Kier molecular flexibility index (Phi) is 7.75. The summed E-state index contributed by atoms with van der Waals surface area (Å²) in [6.45, 7) is 11.4. The normalized spacial score (nSPS) is 31.0. The summed E-state index contributed by atoms with van der Waals surface area (Å²) in [5, 5.41) is 11.3. The predicted molar refractivity (Wildman–Crippen MR) is 164 cm³/mol. The first-order chi connectivity index (χ1) is 21.5. The first kappa shape index (κ1) is 32.1. The van der Waals surface area contributed by atoms with Gasteiger partial charge in [0, 0.05) is 25.0 Å².